The fraction of sp³-hybridized carbons (Fsp3) is 0.600. The van der Waals surface area contributed by atoms with Crippen molar-refractivity contribution in [2.24, 2.45) is 23.9 Å². The second-order valence-corrected chi connectivity index (χ2v) is 3.97. The number of nitrogens with two attached hydrogens (primary N) is 1. The quantitative estimate of drug-likeness (QED) is 0.289. The van der Waals surface area contributed by atoms with E-state index in [1.165, 1.54) is 0 Å². The van der Waals surface area contributed by atoms with Gasteiger partial charge in [0.25, 0.3) is 0 Å². The summed E-state index contributed by atoms with van der Waals surface area (Å²) in [5, 5.41) is 19.0. The molecule has 1 atom stereocenters. The van der Waals surface area contributed by atoms with Gasteiger partial charge in [-0.25, -0.2) is 0 Å². The molecule has 0 aliphatic carbocycles. The lowest BCUT2D eigenvalue weighted by Gasteiger charge is -2.10. The summed E-state index contributed by atoms with van der Waals surface area (Å²) in [6, 6.07) is 0. The Labute approximate surface area is 95.1 Å². The molecule has 1 unspecified atom stereocenters. The van der Waals surface area contributed by atoms with Gasteiger partial charge in [0.05, 0.1) is 5.69 Å². The van der Waals surface area contributed by atoms with Crippen molar-refractivity contribution in [3.8, 4) is 0 Å². The van der Waals surface area contributed by atoms with Gasteiger partial charge in [-0.1, -0.05) is 12.1 Å². The molecule has 0 fully saturated rings. The Bertz CT molecular complexity index is 371. The highest BCUT2D eigenvalue weighted by Gasteiger charge is 2.08. The minimum atomic E-state index is 0.0157. The molecule has 0 saturated carbocycles. The molecule has 90 valence electrons. The number of amidine groups is 1. The van der Waals surface area contributed by atoms with E-state index in [9.17, 15) is 0 Å². The van der Waals surface area contributed by atoms with Crippen LogP contribution in [0.15, 0.2) is 11.4 Å². The third kappa shape index (κ3) is 3.23. The van der Waals surface area contributed by atoms with Crippen molar-refractivity contribution in [3.05, 3.63) is 17.5 Å². The number of nitrogens with one attached hydrogen (secondary N) is 1. The lowest BCUT2D eigenvalue weighted by molar-refractivity contribution is 0.314. The Morgan fingerprint density at radius 3 is 2.94 bits per heavy atom. The molecule has 6 nitrogen and oxygen atoms in total. The molecule has 1 heterocycles. The maximum Gasteiger partial charge on any atom is 0.143 e. The smallest absolute Gasteiger partial charge is 0.143 e. The van der Waals surface area contributed by atoms with Gasteiger partial charge >= 0.3 is 0 Å². The van der Waals surface area contributed by atoms with Crippen molar-refractivity contribution in [2.75, 3.05) is 6.54 Å². The van der Waals surface area contributed by atoms with Crippen LogP contribution in [-0.2, 0) is 13.6 Å². The van der Waals surface area contributed by atoms with E-state index in [0.717, 1.165) is 17.8 Å². The summed E-state index contributed by atoms with van der Waals surface area (Å²) in [6.45, 7) is 5.29. The van der Waals surface area contributed by atoms with E-state index in [0.29, 0.717) is 6.54 Å². The summed E-state index contributed by atoms with van der Waals surface area (Å²) in [5.41, 5.74) is 7.65. The molecule has 0 aromatic carbocycles. The SMILES string of the molecule is Cc1nn(C)cc1CNCC(C)C(N)=NO. The minimum Gasteiger partial charge on any atom is -0.409 e. The number of oxime groups is 1. The molecule has 0 amide bonds. The van der Waals surface area contributed by atoms with Crippen LogP contribution in [0.4, 0.5) is 0 Å². The molecule has 0 saturated heterocycles. The monoisotopic (exact) mass is 225 g/mol. The van der Waals surface area contributed by atoms with Crippen LogP contribution in [0.25, 0.3) is 0 Å². The highest BCUT2D eigenvalue weighted by molar-refractivity contribution is 5.82. The first-order chi connectivity index (χ1) is 7.54. The van der Waals surface area contributed by atoms with Crippen molar-refractivity contribution in [1.82, 2.24) is 15.1 Å². The van der Waals surface area contributed by atoms with E-state index in [4.69, 9.17) is 10.9 Å². The second-order valence-electron chi connectivity index (χ2n) is 3.97. The van der Waals surface area contributed by atoms with Crippen molar-refractivity contribution in [3.63, 3.8) is 0 Å². The first-order valence-electron chi connectivity index (χ1n) is 5.21. The Balaban J connectivity index is 2.39. The van der Waals surface area contributed by atoms with Gasteiger partial charge in [-0.2, -0.15) is 5.10 Å². The third-order valence-corrected chi connectivity index (χ3v) is 2.50. The van der Waals surface area contributed by atoms with Crippen molar-refractivity contribution < 1.29 is 5.21 Å². The van der Waals surface area contributed by atoms with Crippen LogP contribution in [0.3, 0.4) is 0 Å². The fourth-order valence-corrected chi connectivity index (χ4v) is 1.45. The van der Waals surface area contributed by atoms with Gasteiger partial charge < -0.3 is 16.3 Å². The molecule has 0 radical (unpaired) electrons. The van der Waals surface area contributed by atoms with Crippen LogP contribution < -0.4 is 11.1 Å². The van der Waals surface area contributed by atoms with Gasteiger partial charge in [0, 0.05) is 37.8 Å². The molecule has 0 aliphatic rings. The number of rotatable bonds is 5. The van der Waals surface area contributed by atoms with Gasteiger partial charge in [-0.3, -0.25) is 4.68 Å². The third-order valence-electron chi connectivity index (χ3n) is 2.50. The normalized spacial score (nSPS) is 14.1. The topological polar surface area (TPSA) is 88.5 Å². The van der Waals surface area contributed by atoms with Crippen molar-refractivity contribution in [1.29, 1.82) is 0 Å². The Morgan fingerprint density at radius 1 is 1.75 bits per heavy atom. The van der Waals surface area contributed by atoms with E-state index < -0.39 is 0 Å². The molecule has 0 aliphatic heterocycles. The molecule has 6 heteroatoms. The van der Waals surface area contributed by atoms with Crippen LogP contribution in [-0.4, -0.2) is 27.4 Å². The molecular weight excluding hydrogens is 206 g/mol. The highest BCUT2D eigenvalue weighted by Crippen LogP contribution is 2.04. The van der Waals surface area contributed by atoms with E-state index >= 15 is 0 Å². The number of hydrogen-bond donors (Lipinski definition) is 3. The van der Waals surface area contributed by atoms with Crippen LogP contribution >= 0.6 is 0 Å². The molecule has 4 N–H and O–H groups in total. The van der Waals surface area contributed by atoms with Gasteiger partial charge in [0.1, 0.15) is 5.84 Å². The number of aryl methyl sites for hydroxylation is 2. The maximum absolute atomic E-state index is 8.49. The minimum absolute atomic E-state index is 0.0157. The zero-order valence-electron chi connectivity index (χ0n) is 9.94. The predicted octanol–water partition coefficient (Wildman–Crippen LogP) is 0.201. The Kier molecular flexibility index (Phi) is 4.30. The standard InChI is InChI=1S/C10H19N5O/c1-7(10(11)14-16)4-12-5-9-6-15(3)13-8(9)2/h6-7,12,16H,4-5H2,1-3H3,(H2,11,14). The molecule has 0 spiro atoms. The lowest BCUT2D eigenvalue weighted by Crippen LogP contribution is -2.31. The molecule has 1 rings (SSSR count). The summed E-state index contributed by atoms with van der Waals surface area (Å²) in [4.78, 5) is 0. The van der Waals surface area contributed by atoms with Crippen LogP contribution in [0.1, 0.15) is 18.2 Å². The molecular formula is C10H19N5O. The summed E-state index contributed by atoms with van der Waals surface area (Å²) >= 11 is 0. The Morgan fingerprint density at radius 2 is 2.44 bits per heavy atom. The molecule has 1 aromatic heterocycles. The van der Waals surface area contributed by atoms with E-state index in [-0.39, 0.29) is 11.8 Å². The highest BCUT2D eigenvalue weighted by atomic mass is 16.4. The number of nitrogens with zero attached hydrogens (tertiary/aromatic N) is 3. The summed E-state index contributed by atoms with van der Waals surface area (Å²) < 4.78 is 1.79. The summed E-state index contributed by atoms with van der Waals surface area (Å²) in [5.74, 6) is 0.261. The fourth-order valence-electron chi connectivity index (χ4n) is 1.45. The molecule has 1 aromatic rings. The second kappa shape index (κ2) is 5.50. The average Bonchev–Trinajstić information content (AvgIpc) is 2.56. The predicted molar refractivity (Wildman–Crippen MR) is 62.2 cm³/mol. The molecule has 16 heavy (non-hydrogen) atoms. The van der Waals surface area contributed by atoms with Crippen LogP contribution in [0, 0.1) is 12.8 Å². The maximum atomic E-state index is 8.49. The average molecular weight is 225 g/mol. The zero-order valence-corrected chi connectivity index (χ0v) is 9.94. The van der Waals surface area contributed by atoms with Gasteiger partial charge in [0.2, 0.25) is 0 Å². The van der Waals surface area contributed by atoms with Crippen molar-refractivity contribution in [2.45, 2.75) is 20.4 Å². The van der Waals surface area contributed by atoms with Gasteiger partial charge in [0.15, 0.2) is 0 Å². The molecule has 0 bridgehead atoms. The van der Waals surface area contributed by atoms with E-state index in [1.807, 2.05) is 27.1 Å². The lowest BCUT2D eigenvalue weighted by atomic mass is 10.1. The number of hydrogen-bond acceptors (Lipinski definition) is 4. The van der Waals surface area contributed by atoms with Crippen molar-refractivity contribution >= 4 is 5.84 Å². The first-order valence-corrected chi connectivity index (χ1v) is 5.21. The van der Waals surface area contributed by atoms with E-state index in [2.05, 4.69) is 15.6 Å². The van der Waals surface area contributed by atoms with E-state index in [1.54, 1.807) is 4.68 Å². The Hall–Kier alpha value is -1.56. The summed E-state index contributed by atoms with van der Waals surface area (Å²) in [7, 11) is 1.90. The van der Waals surface area contributed by atoms with Gasteiger partial charge in [-0.05, 0) is 6.92 Å². The zero-order chi connectivity index (χ0) is 12.1. The number of aromatic nitrogens is 2. The van der Waals surface area contributed by atoms with Crippen LogP contribution in [0.5, 0.6) is 0 Å². The largest absolute Gasteiger partial charge is 0.409 e. The summed E-state index contributed by atoms with van der Waals surface area (Å²) in [6.07, 6.45) is 1.98. The first kappa shape index (κ1) is 12.5. The van der Waals surface area contributed by atoms with Crippen LogP contribution in [0.2, 0.25) is 0 Å². The van der Waals surface area contributed by atoms with Gasteiger partial charge in [-0.15, -0.1) is 0 Å².